The third-order valence-corrected chi connectivity index (χ3v) is 4.76. The summed E-state index contributed by atoms with van der Waals surface area (Å²) in [6.45, 7) is 6.10. The SMILES string of the molecule is Cc1nc(CC(=O)Nc2c(C)cnn2[C@H](C)C2CC2)cs1. The molecule has 0 aromatic carbocycles. The van der Waals surface area contributed by atoms with Crippen LogP contribution < -0.4 is 5.32 Å². The number of anilines is 1. The molecule has 2 aromatic rings. The number of aromatic nitrogens is 3. The summed E-state index contributed by atoms with van der Waals surface area (Å²) >= 11 is 1.57. The predicted octanol–water partition coefficient (Wildman–Crippen LogP) is 3.11. The molecular weight excluding hydrogens is 284 g/mol. The first kappa shape index (κ1) is 14.3. The smallest absolute Gasteiger partial charge is 0.231 e. The topological polar surface area (TPSA) is 59.8 Å². The average Bonchev–Trinajstić information content (AvgIpc) is 3.13. The number of nitrogens with zero attached hydrogens (tertiary/aromatic N) is 3. The van der Waals surface area contributed by atoms with Crippen LogP contribution in [0.2, 0.25) is 0 Å². The monoisotopic (exact) mass is 304 g/mol. The fourth-order valence-corrected chi connectivity index (χ4v) is 3.13. The predicted molar refractivity (Wildman–Crippen MR) is 83.6 cm³/mol. The summed E-state index contributed by atoms with van der Waals surface area (Å²) in [7, 11) is 0. The van der Waals surface area contributed by atoms with Crippen molar-refractivity contribution in [2.45, 2.75) is 46.1 Å². The molecule has 3 rings (SSSR count). The van der Waals surface area contributed by atoms with E-state index in [-0.39, 0.29) is 5.91 Å². The first-order valence-corrected chi connectivity index (χ1v) is 8.17. The van der Waals surface area contributed by atoms with Crippen LogP contribution in [0.1, 0.15) is 42.1 Å². The van der Waals surface area contributed by atoms with Crippen LogP contribution in [-0.2, 0) is 11.2 Å². The van der Waals surface area contributed by atoms with Crippen LogP contribution in [0, 0.1) is 19.8 Å². The van der Waals surface area contributed by atoms with Gasteiger partial charge >= 0.3 is 0 Å². The maximum Gasteiger partial charge on any atom is 0.231 e. The molecule has 1 amide bonds. The summed E-state index contributed by atoms with van der Waals surface area (Å²) in [5, 5.41) is 10.4. The number of nitrogens with one attached hydrogen (secondary N) is 1. The van der Waals surface area contributed by atoms with Gasteiger partial charge in [-0.1, -0.05) is 0 Å². The van der Waals surface area contributed by atoms with Crippen molar-refractivity contribution in [1.82, 2.24) is 14.8 Å². The van der Waals surface area contributed by atoms with E-state index in [1.807, 2.05) is 30.1 Å². The minimum Gasteiger partial charge on any atom is -0.310 e. The van der Waals surface area contributed by atoms with Gasteiger partial charge in [0.2, 0.25) is 5.91 Å². The highest BCUT2D eigenvalue weighted by atomic mass is 32.1. The fourth-order valence-electron chi connectivity index (χ4n) is 2.52. The number of aryl methyl sites for hydroxylation is 2. The summed E-state index contributed by atoms with van der Waals surface area (Å²) in [4.78, 5) is 16.5. The highest BCUT2D eigenvalue weighted by Gasteiger charge is 2.31. The minimum atomic E-state index is -0.0341. The Kier molecular flexibility index (Phi) is 3.80. The summed E-state index contributed by atoms with van der Waals surface area (Å²) in [6.07, 6.45) is 4.64. The Labute approximate surface area is 128 Å². The van der Waals surface area contributed by atoms with E-state index >= 15 is 0 Å². The number of carbonyl (C=O) groups is 1. The van der Waals surface area contributed by atoms with E-state index in [1.54, 1.807) is 11.3 Å². The molecule has 0 saturated heterocycles. The van der Waals surface area contributed by atoms with Crippen molar-refractivity contribution in [2.24, 2.45) is 5.92 Å². The zero-order valence-corrected chi connectivity index (χ0v) is 13.4. The number of thiazole rings is 1. The molecule has 0 spiro atoms. The Morgan fingerprint density at radius 1 is 1.52 bits per heavy atom. The standard InChI is InChI=1S/C15H20N4OS/c1-9-7-16-19(10(2)12-4-5-12)15(9)18-14(20)6-13-8-21-11(3)17-13/h7-8,10,12H,4-6H2,1-3H3,(H,18,20)/t10-/m1/s1. The van der Waals surface area contributed by atoms with Gasteiger partial charge in [0.25, 0.3) is 0 Å². The molecule has 1 aliphatic carbocycles. The molecule has 0 radical (unpaired) electrons. The lowest BCUT2D eigenvalue weighted by Crippen LogP contribution is -2.20. The largest absolute Gasteiger partial charge is 0.310 e. The van der Waals surface area contributed by atoms with Crippen LogP contribution in [0.15, 0.2) is 11.6 Å². The van der Waals surface area contributed by atoms with E-state index in [0.29, 0.717) is 18.4 Å². The second kappa shape index (κ2) is 5.60. The number of rotatable bonds is 5. The Balaban J connectivity index is 1.71. The van der Waals surface area contributed by atoms with Gasteiger partial charge in [-0.2, -0.15) is 5.10 Å². The molecule has 1 aliphatic rings. The second-order valence-electron chi connectivity index (χ2n) is 5.78. The van der Waals surface area contributed by atoms with Crippen LogP contribution in [0.4, 0.5) is 5.82 Å². The molecular formula is C15H20N4OS. The molecule has 2 heterocycles. The van der Waals surface area contributed by atoms with Crippen molar-refractivity contribution in [3.63, 3.8) is 0 Å². The van der Waals surface area contributed by atoms with Gasteiger partial charge < -0.3 is 5.32 Å². The van der Waals surface area contributed by atoms with Gasteiger partial charge in [-0.05, 0) is 39.5 Å². The third-order valence-electron chi connectivity index (χ3n) is 3.93. The lowest BCUT2D eigenvalue weighted by Gasteiger charge is -2.16. The van der Waals surface area contributed by atoms with Gasteiger partial charge in [0.1, 0.15) is 5.82 Å². The molecule has 1 atom stereocenters. The molecule has 1 saturated carbocycles. The summed E-state index contributed by atoms with van der Waals surface area (Å²) in [5.41, 5.74) is 1.83. The molecule has 0 unspecified atom stereocenters. The molecule has 1 N–H and O–H groups in total. The maximum absolute atomic E-state index is 12.2. The van der Waals surface area contributed by atoms with Crippen molar-refractivity contribution < 1.29 is 4.79 Å². The van der Waals surface area contributed by atoms with Crippen LogP contribution >= 0.6 is 11.3 Å². The first-order valence-electron chi connectivity index (χ1n) is 7.29. The van der Waals surface area contributed by atoms with Crippen LogP contribution in [0.5, 0.6) is 0 Å². The normalized spacial score (nSPS) is 16.0. The second-order valence-corrected chi connectivity index (χ2v) is 6.84. The van der Waals surface area contributed by atoms with Crippen molar-refractivity contribution in [3.05, 3.63) is 27.8 Å². The number of hydrogen-bond donors (Lipinski definition) is 1. The number of hydrogen-bond acceptors (Lipinski definition) is 4. The highest BCUT2D eigenvalue weighted by molar-refractivity contribution is 7.09. The van der Waals surface area contributed by atoms with Crippen molar-refractivity contribution in [1.29, 1.82) is 0 Å². The fraction of sp³-hybridized carbons (Fsp3) is 0.533. The molecule has 1 fully saturated rings. The quantitative estimate of drug-likeness (QED) is 0.923. The van der Waals surface area contributed by atoms with E-state index in [4.69, 9.17) is 0 Å². The van der Waals surface area contributed by atoms with Gasteiger partial charge in [0, 0.05) is 10.9 Å². The summed E-state index contributed by atoms with van der Waals surface area (Å²) in [5.74, 6) is 1.49. The molecule has 0 bridgehead atoms. The summed E-state index contributed by atoms with van der Waals surface area (Å²) in [6, 6.07) is 0.343. The van der Waals surface area contributed by atoms with Crippen LogP contribution in [0.3, 0.4) is 0 Å². The van der Waals surface area contributed by atoms with Gasteiger partial charge in [-0.3, -0.25) is 4.79 Å². The van der Waals surface area contributed by atoms with E-state index in [0.717, 1.165) is 22.1 Å². The maximum atomic E-state index is 12.2. The van der Waals surface area contributed by atoms with Gasteiger partial charge in [-0.15, -0.1) is 11.3 Å². The van der Waals surface area contributed by atoms with Crippen molar-refractivity contribution in [3.8, 4) is 0 Å². The Hall–Kier alpha value is -1.69. The van der Waals surface area contributed by atoms with E-state index in [9.17, 15) is 4.79 Å². The van der Waals surface area contributed by atoms with Gasteiger partial charge in [-0.25, -0.2) is 9.67 Å². The zero-order valence-electron chi connectivity index (χ0n) is 12.6. The number of amides is 1. The van der Waals surface area contributed by atoms with Gasteiger partial charge in [0.15, 0.2) is 0 Å². The Morgan fingerprint density at radius 3 is 2.90 bits per heavy atom. The summed E-state index contributed by atoms with van der Waals surface area (Å²) < 4.78 is 1.96. The lowest BCUT2D eigenvalue weighted by atomic mass is 10.2. The van der Waals surface area contributed by atoms with Gasteiger partial charge in [0.05, 0.1) is 29.4 Å². The number of carbonyl (C=O) groups excluding carboxylic acids is 1. The Morgan fingerprint density at radius 2 is 2.29 bits per heavy atom. The van der Waals surface area contributed by atoms with E-state index < -0.39 is 0 Å². The van der Waals surface area contributed by atoms with E-state index in [1.165, 1.54) is 12.8 Å². The highest BCUT2D eigenvalue weighted by Crippen LogP contribution is 2.40. The molecule has 0 aliphatic heterocycles. The lowest BCUT2D eigenvalue weighted by molar-refractivity contribution is -0.115. The Bertz CT molecular complexity index is 656. The zero-order chi connectivity index (χ0) is 15.0. The molecule has 21 heavy (non-hydrogen) atoms. The van der Waals surface area contributed by atoms with Crippen molar-refractivity contribution in [2.75, 3.05) is 5.32 Å². The van der Waals surface area contributed by atoms with Crippen LogP contribution in [-0.4, -0.2) is 20.7 Å². The average molecular weight is 304 g/mol. The van der Waals surface area contributed by atoms with E-state index in [2.05, 4.69) is 22.3 Å². The minimum absolute atomic E-state index is 0.0341. The first-order chi connectivity index (χ1) is 10.0. The molecule has 2 aromatic heterocycles. The van der Waals surface area contributed by atoms with Crippen molar-refractivity contribution >= 4 is 23.1 Å². The molecule has 5 nitrogen and oxygen atoms in total. The third kappa shape index (κ3) is 3.15. The molecule has 112 valence electrons. The molecule has 6 heteroatoms. The van der Waals surface area contributed by atoms with Crippen LogP contribution in [0.25, 0.3) is 0 Å².